The van der Waals surface area contributed by atoms with Gasteiger partial charge in [0.2, 0.25) is 0 Å². The summed E-state index contributed by atoms with van der Waals surface area (Å²) >= 11 is 0. The molecule has 1 aromatic carbocycles. The van der Waals surface area contributed by atoms with Crippen LogP contribution in [0.5, 0.6) is 5.75 Å². The first-order chi connectivity index (χ1) is 17.9. The smallest absolute Gasteiger partial charge is 0.338 e. The van der Waals surface area contributed by atoms with E-state index in [-0.39, 0.29) is 5.56 Å². The van der Waals surface area contributed by atoms with Crippen molar-refractivity contribution in [3.63, 3.8) is 0 Å². The second-order valence-corrected chi connectivity index (χ2v) is 9.87. The number of hydrogen-bond acceptors (Lipinski definition) is 8. The SMILES string of the molecule is CCCCCCCCCCCCCCCCOc1ccc(C(=O)OC[C@@H](O)[C@@H](O)[C@H](O)[C@@H](O)CO)cc1. The minimum absolute atomic E-state index is 0.251. The van der Waals surface area contributed by atoms with Gasteiger partial charge in [-0.25, -0.2) is 4.79 Å². The number of unbranched alkanes of at least 4 members (excludes halogenated alkanes) is 13. The van der Waals surface area contributed by atoms with E-state index in [0.717, 1.165) is 12.8 Å². The zero-order chi connectivity index (χ0) is 27.3. The predicted molar refractivity (Wildman–Crippen MR) is 144 cm³/mol. The van der Waals surface area contributed by atoms with Gasteiger partial charge in [0.1, 0.15) is 36.8 Å². The van der Waals surface area contributed by atoms with Crippen LogP contribution in [-0.4, -0.2) is 75.7 Å². The van der Waals surface area contributed by atoms with Crippen LogP contribution in [0.4, 0.5) is 0 Å². The van der Waals surface area contributed by atoms with E-state index in [9.17, 15) is 25.2 Å². The Hall–Kier alpha value is -1.71. The van der Waals surface area contributed by atoms with Gasteiger partial charge in [-0.2, -0.15) is 0 Å². The molecule has 5 N–H and O–H groups in total. The molecule has 0 heterocycles. The van der Waals surface area contributed by atoms with Crippen molar-refractivity contribution in [3.8, 4) is 5.75 Å². The first kappa shape index (κ1) is 33.3. The van der Waals surface area contributed by atoms with E-state index < -0.39 is 43.6 Å². The molecule has 0 aliphatic heterocycles. The van der Waals surface area contributed by atoms with Crippen LogP contribution in [0.25, 0.3) is 0 Å². The number of aliphatic hydroxyl groups is 5. The van der Waals surface area contributed by atoms with E-state index in [2.05, 4.69) is 6.92 Å². The van der Waals surface area contributed by atoms with E-state index >= 15 is 0 Å². The van der Waals surface area contributed by atoms with Crippen LogP contribution in [0.1, 0.15) is 107 Å². The van der Waals surface area contributed by atoms with Gasteiger partial charge in [0, 0.05) is 0 Å². The summed E-state index contributed by atoms with van der Waals surface area (Å²) in [5.41, 5.74) is 0.251. The van der Waals surface area contributed by atoms with Crippen LogP contribution in [0, 0.1) is 0 Å². The number of esters is 1. The first-order valence-corrected chi connectivity index (χ1v) is 14.1. The van der Waals surface area contributed by atoms with Crippen LogP contribution < -0.4 is 4.74 Å². The molecule has 0 radical (unpaired) electrons. The fraction of sp³-hybridized carbons (Fsp3) is 0.759. The molecule has 0 saturated heterocycles. The highest BCUT2D eigenvalue weighted by atomic mass is 16.5. The first-order valence-electron chi connectivity index (χ1n) is 14.1. The third kappa shape index (κ3) is 15.3. The van der Waals surface area contributed by atoms with E-state index in [0.29, 0.717) is 12.4 Å². The topological polar surface area (TPSA) is 137 Å². The summed E-state index contributed by atoms with van der Waals surface area (Å²) in [5.74, 6) is -0.0511. The average Bonchev–Trinajstić information content (AvgIpc) is 2.92. The van der Waals surface area contributed by atoms with Crippen molar-refractivity contribution >= 4 is 5.97 Å². The lowest BCUT2D eigenvalue weighted by molar-refractivity contribution is -0.124. The van der Waals surface area contributed by atoms with E-state index in [1.807, 2.05) is 0 Å². The quantitative estimate of drug-likeness (QED) is 0.106. The highest BCUT2D eigenvalue weighted by molar-refractivity contribution is 5.89. The molecule has 0 saturated carbocycles. The van der Waals surface area contributed by atoms with Crippen molar-refractivity contribution in [1.29, 1.82) is 0 Å². The maximum absolute atomic E-state index is 12.1. The minimum atomic E-state index is -1.78. The highest BCUT2D eigenvalue weighted by Crippen LogP contribution is 2.16. The summed E-state index contributed by atoms with van der Waals surface area (Å²) in [5, 5.41) is 47.3. The average molecular weight is 527 g/mol. The van der Waals surface area contributed by atoms with Gasteiger partial charge in [0.15, 0.2) is 0 Å². The maximum atomic E-state index is 12.1. The van der Waals surface area contributed by atoms with Crippen molar-refractivity contribution in [2.75, 3.05) is 19.8 Å². The van der Waals surface area contributed by atoms with Crippen molar-refractivity contribution in [3.05, 3.63) is 29.8 Å². The summed E-state index contributed by atoms with van der Waals surface area (Å²) in [7, 11) is 0. The molecular formula is C29H50O8. The standard InChI is InChI=1S/C29H50O8/c1-2-3-4-5-6-7-8-9-10-11-12-13-14-15-20-36-24-18-16-23(17-19-24)29(35)37-22-26(32)28(34)27(33)25(31)21-30/h16-19,25-28,30-34H,2-15,20-22H2,1H3/t25-,26+,27+,28+/m0/s1. The molecular weight excluding hydrogens is 476 g/mol. The van der Waals surface area contributed by atoms with Crippen molar-refractivity contribution in [2.24, 2.45) is 0 Å². The van der Waals surface area contributed by atoms with Crippen LogP contribution in [-0.2, 0) is 4.74 Å². The number of hydrogen-bond donors (Lipinski definition) is 5. The second-order valence-electron chi connectivity index (χ2n) is 9.87. The van der Waals surface area contributed by atoms with Crippen LogP contribution in [0.2, 0.25) is 0 Å². The summed E-state index contributed by atoms with van der Waals surface area (Å²) < 4.78 is 10.7. The molecule has 0 aliphatic rings. The fourth-order valence-corrected chi connectivity index (χ4v) is 4.08. The monoisotopic (exact) mass is 526 g/mol. The van der Waals surface area contributed by atoms with Crippen LogP contribution in [0.15, 0.2) is 24.3 Å². The Balaban J connectivity index is 2.09. The molecule has 0 amide bonds. The van der Waals surface area contributed by atoms with E-state index in [1.54, 1.807) is 24.3 Å². The van der Waals surface area contributed by atoms with Crippen LogP contribution >= 0.6 is 0 Å². The lowest BCUT2D eigenvalue weighted by Gasteiger charge is -2.25. The minimum Gasteiger partial charge on any atom is -0.494 e. The molecule has 8 nitrogen and oxygen atoms in total. The summed E-state index contributed by atoms with van der Waals surface area (Å²) in [4.78, 5) is 12.1. The molecule has 0 bridgehead atoms. The number of carbonyl (C=O) groups excluding carboxylic acids is 1. The largest absolute Gasteiger partial charge is 0.494 e. The Morgan fingerprint density at radius 2 is 1.16 bits per heavy atom. The molecule has 0 fully saturated rings. The number of carbonyl (C=O) groups is 1. The zero-order valence-corrected chi connectivity index (χ0v) is 22.6. The normalized spacial score (nSPS) is 14.6. The number of benzene rings is 1. The van der Waals surface area contributed by atoms with Gasteiger partial charge < -0.3 is 35.0 Å². The third-order valence-electron chi connectivity index (χ3n) is 6.57. The Morgan fingerprint density at radius 3 is 1.65 bits per heavy atom. The Labute approximate surface area is 222 Å². The van der Waals surface area contributed by atoms with Gasteiger partial charge in [-0.15, -0.1) is 0 Å². The van der Waals surface area contributed by atoms with Gasteiger partial charge in [0.25, 0.3) is 0 Å². The number of ether oxygens (including phenoxy) is 2. The van der Waals surface area contributed by atoms with Gasteiger partial charge in [-0.05, 0) is 30.7 Å². The zero-order valence-electron chi connectivity index (χ0n) is 22.6. The highest BCUT2D eigenvalue weighted by Gasteiger charge is 2.30. The molecule has 0 aromatic heterocycles. The lowest BCUT2D eigenvalue weighted by atomic mass is 10.0. The Bertz CT molecular complexity index is 681. The summed E-state index contributed by atoms with van der Waals surface area (Å²) in [6.07, 6.45) is 11.5. The molecule has 4 atom stereocenters. The second kappa shape index (κ2) is 21.2. The molecule has 0 spiro atoms. The number of aliphatic hydroxyl groups excluding tert-OH is 5. The Morgan fingerprint density at radius 1 is 0.703 bits per heavy atom. The number of rotatable bonds is 23. The molecule has 37 heavy (non-hydrogen) atoms. The van der Waals surface area contributed by atoms with Gasteiger partial charge in [-0.1, -0.05) is 90.4 Å². The fourth-order valence-electron chi connectivity index (χ4n) is 4.08. The van der Waals surface area contributed by atoms with Gasteiger partial charge in [0.05, 0.1) is 18.8 Å². The van der Waals surface area contributed by atoms with Crippen molar-refractivity contribution in [1.82, 2.24) is 0 Å². The molecule has 1 rings (SSSR count). The molecule has 1 aromatic rings. The third-order valence-corrected chi connectivity index (χ3v) is 6.57. The van der Waals surface area contributed by atoms with E-state index in [4.69, 9.17) is 14.6 Å². The molecule has 0 aliphatic carbocycles. The van der Waals surface area contributed by atoms with Crippen molar-refractivity contribution in [2.45, 2.75) is 121 Å². The Kier molecular flexibility index (Phi) is 19.1. The maximum Gasteiger partial charge on any atom is 0.338 e. The summed E-state index contributed by atoms with van der Waals surface area (Å²) in [6, 6.07) is 6.45. The van der Waals surface area contributed by atoms with Crippen molar-refractivity contribution < 1.29 is 39.8 Å². The van der Waals surface area contributed by atoms with Gasteiger partial charge in [-0.3, -0.25) is 0 Å². The van der Waals surface area contributed by atoms with Crippen LogP contribution in [0.3, 0.4) is 0 Å². The lowest BCUT2D eigenvalue weighted by Crippen LogP contribution is -2.47. The summed E-state index contributed by atoms with van der Waals surface area (Å²) in [6.45, 7) is 1.52. The van der Waals surface area contributed by atoms with E-state index in [1.165, 1.54) is 77.0 Å². The molecule has 8 heteroatoms. The van der Waals surface area contributed by atoms with Gasteiger partial charge >= 0.3 is 5.97 Å². The predicted octanol–water partition coefficient (Wildman–Crippen LogP) is 4.14. The molecule has 214 valence electrons. The molecule has 0 unspecified atom stereocenters.